The van der Waals surface area contributed by atoms with Crippen LogP contribution in [0.3, 0.4) is 0 Å². The van der Waals surface area contributed by atoms with Crippen LogP contribution in [0.5, 0.6) is 0 Å². The van der Waals surface area contributed by atoms with Crippen LogP contribution in [0.25, 0.3) is 16.9 Å². The van der Waals surface area contributed by atoms with Gasteiger partial charge in [-0.25, -0.2) is 18.6 Å². The maximum Gasteiger partial charge on any atom is 0.348 e. The largest absolute Gasteiger partial charge is 0.348 e. The number of halogens is 1. The van der Waals surface area contributed by atoms with E-state index in [1.807, 2.05) is 54.7 Å². The number of hydrogen-bond acceptors (Lipinski definition) is 6. The highest BCUT2D eigenvalue weighted by molar-refractivity contribution is 5.58. The molecule has 0 unspecified atom stereocenters. The van der Waals surface area contributed by atoms with Crippen molar-refractivity contribution < 1.29 is 33.4 Å². The van der Waals surface area contributed by atoms with E-state index in [4.69, 9.17) is 18.6 Å². The van der Waals surface area contributed by atoms with Crippen molar-refractivity contribution in [2.75, 3.05) is 0 Å². The number of nitrogens with zero attached hydrogens (tertiary/aromatic N) is 3. The van der Waals surface area contributed by atoms with E-state index in [9.17, 15) is 0 Å². The Morgan fingerprint density at radius 3 is 2.14 bits per heavy atom. The fourth-order valence-corrected chi connectivity index (χ4v) is 1.63. The van der Waals surface area contributed by atoms with Gasteiger partial charge in [-0.05, 0) is 11.1 Å². The molecule has 3 aromatic rings. The molecule has 0 amide bonds. The number of benzene rings is 1. The Morgan fingerprint density at radius 1 is 0.857 bits per heavy atom. The lowest BCUT2D eigenvalue weighted by Crippen LogP contribution is -2.68. The molecular formula is C13H10ClN3O4. The van der Waals surface area contributed by atoms with E-state index in [1.54, 1.807) is 10.7 Å². The minimum absolute atomic E-state index is 0.851. The van der Waals surface area contributed by atoms with Crippen molar-refractivity contribution in [1.82, 2.24) is 10.1 Å². The van der Waals surface area contributed by atoms with Crippen LogP contribution in [0.1, 0.15) is 0 Å². The molecule has 2 aromatic heterocycles. The number of hydrogen-bond donors (Lipinski definition) is 0. The van der Waals surface area contributed by atoms with Crippen molar-refractivity contribution in [3.05, 3.63) is 60.9 Å². The second-order valence-electron chi connectivity index (χ2n) is 3.89. The van der Waals surface area contributed by atoms with E-state index in [0.29, 0.717) is 0 Å². The summed E-state index contributed by atoms with van der Waals surface area (Å²) in [6, 6.07) is 15.9. The molecule has 0 N–H and O–H groups in total. The van der Waals surface area contributed by atoms with Crippen LogP contribution in [-0.4, -0.2) is 10.1 Å². The normalized spacial score (nSPS) is 10.9. The maximum atomic E-state index is 8.49. The number of aromatic nitrogens is 3. The average Bonchev–Trinajstić information content (AvgIpc) is 2.46. The van der Waals surface area contributed by atoms with Gasteiger partial charge in [-0.3, -0.25) is 0 Å². The minimum atomic E-state index is -4.94. The van der Waals surface area contributed by atoms with Gasteiger partial charge < -0.3 is 0 Å². The van der Waals surface area contributed by atoms with E-state index >= 15 is 0 Å². The van der Waals surface area contributed by atoms with Gasteiger partial charge in [-0.2, -0.15) is 0 Å². The summed E-state index contributed by atoms with van der Waals surface area (Å²) in [4.78, 5) is 4.55. The third kappa shape index (κ3) is 5.03. The fraction of sp³-hybridized carbons (Fsp3) is 0. The molecule has 8 heteroatoms. The van der Waals surface area contributed by atoms with E-state index < -0.39 is 10.2 Å². The first-order valence-corrected chi connectivity index (χ1v) is 6.98. The standard InChI is InChI=1S/C13H10N3.ClHO4/c1-2-6-11(7-3-1)12-10-14-16-9-5-4-8-13(16)15-12;2-1(3,4)5/h1-10H;(H,2,3,4,5)/q+1;/p-1. The Bertz CT molecular complexity index is 713. The molecule has 7 nitrogen and oxygen atoms in total. The van der Waals surface area contributed by atoms with Crippen molar-refractivity contribution in [2.24, 2.45) is 0 Å². The van der Waals surface area contributed by atoms with Crippen molar-refractivity contribution in [3.63, 3.8) is 0 Å². The summed E-state index contributed by atoms with van der Waals surface area (Å²) in [6.07, 6.45) is 3.67. The monoisotopic (exact) mass is 307 g/mol. The predicted octanol–water partition coefficient (Wildman–Crippen LogP) is -2.87. The molecule has 0 fully saturated rings. The topological polar surface area (TPSA) is 122 Å². The van der Waals surface area contributed by atoms with Gasteiger partial charge in [0, 0.05) is 11.6 Å². The minimum Gasteiger partial charge on any atom is -0.222 e. The van der Waals surface area contributed by atoms with Gasteiger partial charge in [0.15, 0.2) is 0 Å². The summed E-state index contributed by atoms with van der Waals surface area (Å²) in [7, 11) is -4.94. The van der Waals surface area contributed by atoms with Crippen LogP contribution < -0.4 is 23.2 Å². The Hall–Kier alpha value is -2.16. The number of fused-ring (bicyclic) bond motifs is 1. The van der Waals surface area contributed by atoms with Crippen molar-refractivity contribution in [2.45, 2.75) is 0 Å². The van der Waals surface area contributed by atoms with Gasteiger partial charge >= 0.3 is 5.65 Å². The SMILES string of the molecule is [O-][Cl+3]([O-])([O-])[O-].c1ccc(-c2cn[n+]3ccccc3n2)cc1. The molecule has 1 aromatic carbocycles. The van der Waals surface area contributed by atoms with Crippen molar-refractivity contribution >= 4 is 5.65 Å². The third-order valence-corrected chi connectivity index (χ3v) is 2.43. The summed E-state index contributed by atoms with van der Waals surface area (Å²) in [5.74, 6) is 0. The maximum absolute atomic E-state index is 8.49. The van der Waals surface area contributed by atoms with Crippen LogP contribution in [0.2, 0.25) is 0 Å². The first kappa shape index (κ1) is 15.2. The van der Waals surface area contributed by atoms with Gasteiger partial charge in [0.25, 0.3) is 0 Å². The Morgan fingerprint density at radius 2 is 1.48 bits per heavy atom. The molecule has 0 aliphatic rings. The summed E-state index contributed by atoms with van der Waals surface area (Å²) in [5, 5.41) is 4.31. The molecule has 2 heterocycles. The molecule has 21 heavy (non-hydrogen) atoms. The zero-order valence-electron chi connectivity index (χ0n) is 10.6. The molecule has 0 saturated heterocycles. The Kier molecular flexibility index (Phi) is 4.73. The lowest BCUT2D eigenvalue weighted by molar-refractivity contribution is -2.00. The van der Waals surface area contributed by atoms with Crippen molar-refractivity contribution in [3.8, 4) is 11.3 Å². The van der Waals surface area contributed by atoms with Gasteiger partial charge in [0.05, 0.1) is 0 Å². The average molecular weight is 308 g/mol. The highest BCUT2D eigenvalue weighted by Crippen LogP contribution is 2.14. The Labute approximate surface area is 122 Å². The quantitative estimate of drug-likeness (QED) is 0.445. The Balaban J connectivity index is 0.000000282. The molecule has 3 rings (SSSR count). The van der Waals surface area contributed by atoms with E-state index in [0.717, 1.165) is 16.9 Å². The van der Waals surface area contributed by atoms with Crippen LogP contribution in [0, 0.1) is 10.2 Å². The van der Waals surface area contributed by atoms with E-state index in [1.165, 1.54) is 0 Å². The molecular weight excluding hydrogens is 298 g/mol. The van der Waals surface area contributed by atoms with Gasteiger partial charge in [-0.1, -0.05) is 41.5 Å². The second-order valence-corrected chi connectivity index (χ2v) is 4.64. The predicted molar refractivity (Wildman–Crippen MR) is 60.6 cm³/mol. The summed E-state index contributed by atoms with van der Waals surface area (Å²) >= 11 is 0. The molecule has 108 valence electrons. The first-order chi connectivity index (χ1) is 9.93. The number of rotatable bonds is 1. The highest BCUT2D eigenvalue weighted by atomic mass is 35.7. The van der Waals surface area contributed by atoms with Crippen LogP contribution in [-0.2, 0) is 0 Å². The first-order valence-electron chi connectivity index (χ1n) is 5.74. The summed E-state index contributed by atoms with van der Waals surface area (Å²) in [6.45, 7) is 0. The molecule has 0 bridgehead atoms. The van der Waals surface area contributed by atoms with Crippen LogP contribution >= 0.6 is 0 Å². The number of pyridine rings is 1. The zero-order valence-corrected chi connectivity index (χ0v) is 11.4. The highest BCUT2D eigenvalue weighted by Gasteiger charge is 2.09. The van der Waals surface area contributed by atoms with Crippen molar-refractivity contribution in [1.29, 1.82) is 0 Å². The fourth-order valence-electron chi connectivity index (χ4n) is 1.63. The molecule has 0 spiro atoms. The van der Waals surface area contributed by atoms with E-state index in [2.05, 4.69) is 10.1 Å². The zero-order chi connectivity index (χ0) is 15.3. The van der Waals surface area contributed by atoms with Gasteiger partial charge in [0.1, 0.15) is 12.4 Å². The molecule has 0 aliphatic carbocycles. The molecule has 0 radical (unpaired) electrons. The third-order valence-electron chi connectivity index (χ3n) is 2.43. The molecule has 0 aliphatic heterocycles. The molecule has 0 atom stereocenters. The van der Waals surface area contributed by atoms with E-state index in [-0.39, 0.29) is 0 Å². The van der Waals surface area contributed by atoms with Crippen LogP contribution in [0.4, 0.5) is 0 Å². The second kappa shape index (κ2) is 6.53. The molecule has 0 saturated carbocycles. The lowest BCUT2D eigenvalue weighted by Gasteiger charge is -2.17. The van der Waals surface area contributed by atoms with Crippen LogP contribution in [0.15, 0.2) is 60.9 Å². The summed E-state index contributed by atoms with van der Waals surface area (Å²) in [5.41, 5.74) is 2.83. The smallest absolute Gasteiger partial charge is 0.222 e. The van der Waals surface area contributed by atoms with Gasteiger partial charge in [0.2, 0.25) is 5.69 Å². The lowest BCUT2D eigenvalue weighted by atomic mass is 10.2. The summed E-state index contributed by atoms with van der Waals surface area (Å²) < 4.78 is 35.7. The van der Waals surface area contributed by atoms with Gasteiger partial charge in [-0.15, -0.1) is 14.8 Å².